The topological polar surface area (TPSA) is 12.0 Å². The fraction of sp³-hybridized carbons (Fsp3) is 0.250. The van der Waals surface area contributed by atoms with Gasteiger partial charge in [0.1, 0.15) is 0 Å². The van der Waals surface area contributed by atoms with E-state index in [1.165, 1.54) is 0 Å². The van der Waals surface area contributed by atoms with E-state index < -0.39 is 0 Å². The average molecular weight is 329 g/mol. The fourth-order valence-corrected chi connectivity index (χ4v) is 2.82. The molecule has 1 N–H and O–H groups in total. The normalized spacial score (nSPS) is 10.8. The molecule has 0 aromatic heterocycles. The SMILES string of the molecule is CCCNCc1ccc(-c2ccc(Cl)cc2Cl)c(Cl)c1. The Balaban J connectivity index is 2.25. The third kappa shape index (κ3) is 3.89. The van der Waals surface area contributed by atoms with Crippen LogP contribution >= 0.6 is 34.8 Å². The smallest absolute Gasteiger partial charge is 0.0499 e. The molecule has 0 unspecified atom stereocenters. The molecule has 2 aromatic rings. The number of benzene rings is 2. The lowest BCUT2D eigenvalue weighted by atomic mass is 10.0. The molecule has 0 aliphatic rings. The second kappa shape index (κ2) is 7.33. The summed E-state index contributed by atoms with van der Waals surface area (Å²) in [6, 6.07) is 11.5. The van der Waals surface area contributed by atoms with Crippen LogP contribution in [-0.2, 0) is 6.54 Å². The second-order valence-electron chi connectivity index (χ2n) is 4.62. The molecular weight excluding hydrogens is 313 g/mol. The molecule has 0 spiro atoms. The van der Waals surface area contributed by atoms with Crippen molar-refractivity contribution >= 4 is 34.8 Å². The summed E-state index contributed by atoms with van der Waals surface area (Å²) in [5.41, 5.74) is 2.99. The first-order valence-corrected chi connectivity index (χ1v) is 7.69. The van der Waals surface area contributed by atoms with Crippen LogP contribution < -0.4 is 5.32 Å². The first-order valence-electron chi connectivity index (χ1n) is 6.56. The zero-order valence-corrected chi connectivity index (χ0v) is 13.5. The summed E-state index contributed by atoms with van der Waals surface area (Å²) in [6.07, 6.45) is 1.12. The van der Waals surface area contributed by atoms with Crippen LogP contribution in [0.1, 0.15) is 18.9 Å². The van der Waals surface area contributed by atoms with E-state index in [1.807, 2.05) is 24.3 Å². The highest BCUT2D eigenvalue weighted by Crippen LogP contribution is 2.35. The molecule has 0 fully saturated rings. The highest BCUT2D eigenvalue weighted by molar-refractivity contribution is 6.38. The Morgan fingerprint density at radius 1 is 0.900 bits per heavy atom. The summed E-state index contributed by atoms with van der Waals surface area (Å²) in [5, 5.41) is 5.28. The Kier molecular flexibility index (Phi) is 5.74. The summed E-state index contributed by atoms with van der Waals surface area (Å²) < 4.78 is 0. The molecule has 0 amide bonds. The molecule has 4 heteroatoms. The number of rotatable bonds is 5. The molecule has 20 heavy (non-hydrogen) atoms. The Hall–Kier alpha value is -0.730. The lowest BCUT2D eigenvalue weighted by molar-refractivity contribution is 0.675. The minimum Gasteiger partial charge on any atom is -0.313 e. The summed E-state index contributed by atoms with van der Waals surface area (Å²) >= 11 is 18.5. The van der Waals surface area contributed by atoms with Crippen LogP contribution in [0.3, 0.4) is 0 Å². The van der Waals surface area contributed by atoms with Crippen LogP contribution in [0.2, 0.25) is 15.1 Å². The molecule has 0 aliphatic heterocycles. The van der Waals surface area contributed by atoms with Gasteiger partial charge in [0.25, 0.3) is 0 Å². The Morgan fingerprint density at radius 3 is 2.15 bits per heavy atom. The maximum absolute atomic E-state index is 6.37. The molecule has 0 atom stereocenters. The van der Waals surface area contributed by atoms with Gasteiger partial charge in [-0.3, -0.25) is 0 Å². The van der Waals surface area contributed by atoms with Crippen LogP contribution in [0, 0.1) is 0 Å². The van der Waals surface area contributed by atoms with Gasteiger partial charge in [-0.1, -0.05) is 59.9 Å². The predicted molar refractivity (Wildman–Crippen MR) is 88.9 cm³/mol. The van der Waals surface area contributed by atoms with Crippen molar-refractivity contribution in [1.82, 2.24) is 5.32 Å². The van der Waals surface area contributed by atoms with Crippen molar-refractivity contribution in [2.45, 2.75) is 19.9 Å². The lowest BCUT2D eigenvalue weighted by Crippen LogP contribution is -2.13. The minimum atomic E-state index is 0.608. The first-order chi connectivity index (χ1) is 9.61. The van der Waals surface area contributed by atoms with Gasteiger partial charge in [-0.25, -0.2) is 0 Å². The quantitative estimate of drug-likeness (QED) is 0.683. The van der Waals surface area contributed by atoms with E-state index in [9.17, 15) is 0 Å². The zero-order chi connectivity index (χ0) is 14.5. The maximum Gasteiger partial charge on any atom is 0.0499 e. The van der Waals surface area contributed by atoms with E-state index >= 15 is 0 Å². The van der Waals surface area contributed by atoms with Crippen molar-refractivity contribution in [3.63, 3.8) is 0 Å². The number of hydrogen-bond acceptors (Lipinski definition) is 1. The fourth-order valence-electron chi connectivity index (χ4n) is 2.00. The molecule has 0 radical (unpaired) electrons. The van der Waals surface area contributed by atoms with Gasteiger partial charge in [0.2, 0.25) is 0 Å². The summed E-state index contributed by atoms with van der Waals surface area (Å²) in [5.74, 6) is 0. The summed E-state index contributed by atoms with van der Waals surface area (Å²) in [4.78, 5) is 0. The molecular formula is C16H16Cl3N. The van der Waals surface area contributed by atoms with Crippen LogP contribution in [0.4, 0.5) is 0 Å². The van der Waals surface area contributed by atoms with E-state index in [4.69, 9.17) is 34.8 Å². The van der Waals surface area contributed by atoms with Crippen molar-refractivity contribution in [1.29, 1.82) is 0 Å². The van der Waals surface area contributed by atoms with Gasteiger partial charge in [0, 0.05) is 32.7 Å². The van der Waals surface area contributed by atoms with Gasteiger partial charge in [-0.2, -0.15) is 0 Å². The van der Waals surface area contributed by atoms with E-state index in [2.05, 4.69) is 18.3 Å². The number of halogens is 3. The van der Waals surface area contributed by atoms with Gasteiger partial charge in [-0.15, -0.1) is 0 Å². The first kappa shape index (κ1) is 15.7. The predicted octanol–water partition coefficient (Wildman–Crippen LogP) is 5.81. The van der Waals surface area contributed by atoms with E-state index in [-0.39, 0.29) is 0 Å². The highest BCUT2D eigenvalue weighted by atomic mass is 35.5. The van der Waals surface area contributed by atoms with Gasteiger partial charge in [0.15, 0.2) is 0 Å². The van der Waals surface area contributed by atoms with Crippen molar-refractivity contribution in [2.24, 2.45) is 0 Å². The monoisotopic (exact) mass is 327 g/mol. The van der Waals surface area contributed by atoms with Crippen LogP contribution in [0.5, 0.6) is 0 Å². The lowest BCUT2D eigenvalue weighted by Gasteiger charge is -2.10. The van der Waals surface area contributed by atoms with Gasteiger partial charge in [0.05, 0.1) is 0 Å². The molecule has 1 nitrogen and oxygen atoms in total. The number of hydrogen-bond donors (Lipinski definition) is 1. The maximum atomic E-state index is 6.37. The second-order valence-corrected chi connectivity index (χ2v) is 5.87. The third-order valence-electron chi connectivity index (χ3n) is 3.01. The molecule has 0 aliphatic carbocycles. The van der Waals surface area contributed by atoms with E-state index in [1.54, 1.807) is 6.07 Å². The van der Waals surface area contributed by atoms with Crippen LogP contribution in [0.15, 0.2) is 36.4 Å². The molecule has 106 valence electrons. The highest BCUT2D eigenvalue weighted by Gasteiger charge is 2.09. The van der Waals surface area contributed by atoms with Crippen molar-refractivity contribution < 1.29 is 0 Å². The van der Waals surface area contributed by atoms with Crippen LogP contribution in [0.25, 0.3) is 11.1 Å². The molecule has 0 saturated carbocycles. The third-order valence-corrected chi connectivity index (χ3v) is 3.87. The van der Waals surface area contributed by atoms with Gasteiger partial charge in [-0.05, 0) is 36.7 Å². The van der Waals surface area contributed by atoms with Crippen molar-refractivity contribution in [2.75, 3.05) is 6.54 Å². The van der Waals surface area contributed by atoms with Crippen molar-refractivity contribution in [3.8, 4) is 11.1 Å². The standard InChI is InChI=1S/C16H16Cl3N/c1-2-7-20-10-11-3-5-13(15(18)8-11)14-6-4-12(17)9-16(14)19/h3-6,8-9,20H,2,7,10H2,1H3. The van der Waals surface area contributed by atoms with Gasteiger partial charge < -0.3 is 5.32 Å². The summed E-state index contributed by atoms with van der Waals surface area (Å²) in [6.45, 7) is 3.97. The van der Waals surface area contributed by atoms with Gasteiger partial charge >= 0.3 is 0 Å². The molecule has 0 heterocycles. The molecule has 2 aromatic carbocycles. The molecule has 2 rings (SSSR count). The summed E-state index contributed by atoms with van der Waals surface area (Å²) in [7, 11) is 0. The van der Waals surface area contributed by atoms with Crippen LogP contribution in [-0.4, -0.2) is 6.54 Å². The molecule has 0 saturated heterocycles. The van der Waals surface area contributed by atoms with E-state index in [0.717, 1.165) is 36.2 Å². The Labute approximate surface area is 134 Å². The van der Waals surface area contributed by atoms with E-state index in [0.29, 0.717) is 15.1 Å². The largest absolute Gasteiger partial charge is 0.313 e. The Bertz CT molecular complexity index is 596. The number of nitrogens with one attached hydrogen (secondary N) is 1. The van der Waals surface area contributed by atoms with Crippen molar-refractivity contribution in [3.05, 3.63) is 57.0 Å². The Morgan fingerprint density at radius 2 is 1.55 bits per heavy atom. The minimum absolute atomic E-state index is 0.608. The zero-order valence-electron chi connectivity index (χ0n) is 11.2. The molecule has 0 bridgehead atoms. The average Bonchev–Trinajstić information content (AvgIpc) is 2.40.